The van der Waals surface area contributed by atoms with Crippen molar-refractivity contribution in [3.05, 3.63) is 32.0 Å². The van der Waals surface area contributed by atoms with Crippen LogP contribution in [0.2, 0.25) is 5.02 Å². The highest BCUT2D eigenvalue weighted by atomic mass is 35.5. The molecule has 0 unspecified atom stereocenters. The summed E-state index contributed by atoms with van der Waals surface area (Å²) in [6, 6.07) is 0. The molecule has 0 amide bonds. The topological polar surface area (TPSA) is 83.7 Å². The van der Waals surface area contributed by atoms with Crippen molar-refractivity contribution < 1.29 is 0 Å². The molecule has 0 aliphatic rings. The highest BCUT2D eigenvalue weighted by molar-refractivity contribution is 6.32. The van der Waals surface area contributed by atoms with E-state index < -0.39 is 5.56 Å². The van der Waals surface area contributed by atoms with E-state index in [1.165, 1.54) is 10.9 Å². The first-order valence-corrected chi connectivity index (χ1v) is 3.89. The molecule has 0 N–H and O–H groups in total. The number of rotatable bonds is 2. The molecule has 68 valence electrons. The van der Waals surface area contributed by atoms with Crippen LogP contribution in [0.5, 0.6) is 0 Å². The molecule has 0 saturated heterocycles. The van der Waals surface area contributed by atoms with E-state index in [-0.39, 0.29) is 10.7 Å². The van der Waals surface area contributed by atoms with Crippen LogP contribution in [0, 0.1) is 0 Å². The summed E-state index contributed by atoms with van der Waals surface area (Å²) < 4.78 is 1.18. The quantitative estimate of drug-likeness (QED) is 0.414. The number of hydrogen-bond donors (Lipinski definition) is 0. The summed E-state index contributed by atoms with van der Waals surface area (Å²) in [6.07, 6.45) is 1.26. The van der Waals surface area contributed by atoms with E-state index in [2.05, 4.69) is 15.1 Å². The lowest BCUT2D eigenvalue weighted by atomic mass is 10.5. The second-order valence-electron chi connectivity index (χ2n) is 2.15. The maximum absolute atomic E-state index is 11.3. The zero-order valence-electron chi connectivity index (χ0n) is 6.81. The molecule has 0 aliphatic carbocycles. The van der Waals surface area contributed by atoms with Crippen molar-refractivity contribution in [2.75, 3.05) is 0 Å². The van der Waals surface area contributed by atoms with Crippen LogP contribution >= 0.6 is 11.6 Å². The van der Waals surface area contributed by atoms with Gasteiger partial charge in [-0.05, 0) is 12.5 Å². The van der Waals surface area contributed by atoms with Gasteiger partial charge in [0.2, 0.25) is 0 Å². The van der Waals surface area contributed by atoms with E-state index >= 15 is 0 Å². The fraction of sp³-hybridized carbons (Fsp3) is 0.333. The van der Waals surface area contributed by atoms with E-state index in [0.717, 1.165) is 0 Å². The Labute approximate surface area is 78.4 Å². The van der Waals surface area contributed by atoms with Gasteiger partial charge >= 0.3 is 0 Å². The zero-order chi connectivity index (χ0) is 9.84. The molecule has 0 spiro atoms. The molecule has 0 aromatic carbocycles. The molecule has 0 saturated carbocycles. The molecule has 0 bridgehead atoms. The smallest absolute Gasteiger partial charge is 0.266 e. The molecule has 7 heteroatoms. The van der Waals surface area contributed by atoms with Crippen LogP contribution < -0.4 is 5.56 Å². The molecule has 0 radical (unpaired) electrons. The second-order valence-corrected chi connectivity index (χ2v) is 2.53. The molecule has 6 nitrogen and oxygen atoms in total. The molecule has 0 aliphatic heterocycles. The minimum atomic E-state index is -0.450. The van der Waals surface area contributed by atoms with Crippen molar-refractivity contribution >= 4 is 17.3 Å². The Morgan fingerprint density at radius 1 is 1.85 bits per heavy atom. The molecular formula is C6H6ClN5O. The third-order valence-electron chi connectivity index (χ3n) is 1.42. The van der Waals surface area contributed by atoms with Crippen LogP contribution in [0.25, 0.3) is 10.4 Å². The van der Waals surface area contributed by atoms with Gasteiger partial charge in [0.15, 0.2) is 0 Å². The number of hydrogen-bond acceptors (Lipinski definition) is 3. The second kappa shape index (κ2) is 3.93. The van der Waals surface area contributed by atoms with Crippen molar-refractivity contribution in [1.82, 2.24) is 9.78 Å². The van der Waals surface area contributed by atoms with E-state index in [1.807, 2.05) is 0 Å². The highest BCUT2D eigenvalue weighted by Crippen LogP contribution is 2.18. The number of aryl methyl sites for hydroxylation is 1. The lowest BCUT2D eigenvalue weighted by Crippen LogP contribution is -2.21. The van der Waals surface area contributed by atoms with Gasteiger partial charge in [-0.25, -0.2) is 4.68 Å². The van der Waals surface area contributed by atoms with Crippen molar-refractivity contribution in [1.29, 1.82) is 0 Å². The number of halogens is 1. The van der Waals surface area contributed by atoms with Gasteiger partial charge in [-0.3, -0.25) is 4.79 Å². The largest absolute Gasteiger partial charge is 0.285 e. The molecule has 0 fully saturated rings. The number of azide groups is 1. The Morgan fingerprint density at radius 2 is 2.54 bits per heavy atom. The molecule has 1 aromatic rings. The van der Waals surface area contributed by atoms with Gasteiger partial charge in [-0.1, -0.05) is 16.7 Å². The predicted molar refractivity (Wildman–Crippen MR) is 48.0 cm³/mol. The minimum Gasteiger partial charge on any atom is -0.266 e. The Bertz CT molecular complexity index is 420. The van der Waals surface area contributed by atoms with Crippen molar-refractivity contribution in [3.63, 3.8) is 0 Å². The van der Waals surface area contributed by atoms with Crippen LogP contribution in [-0.4, -0.2) is 9.78 Å². The lowest BCUT2D eigenvalue weighted by molar-refractivity contribution is 0.616. The molecule has 1 rings (SSSR count). The summed E-state index contributed by atoms with van der Waals surface area (Å²) in [7, 11) is 0. The summed E-state index contributed by atoms with van der Waals surface area (Å²) in [5.74, 6) is 0. The van der Waals surface area contributed by atoms with Crippen LogP contribution in [0.4, 0.5) is 5.69 Å². The number of nitrogens with zero attached hydrogens (tertiary/aromatic N) is 5. The first kappa shape index (κ1) is 9.57. The Hall–Kier alpha value is -1.52. The SMILES string of the molecule is CCn1ncc(N=[N+]=[N-])c(Cl)c1=O. The predicted octanol–water partition coefficient (Wildman–Crippen LogP) is 1.86. The normalized spacial score (nSPS) is 9.38. The fourth-order valence-corrected chi connectivity index (χ4v) is 0.984. The van der Waals surface area contributed by atoms with Crippen LogP contribution in [0.3, 0.4) is 0 Å². The zero-order valence-corrected chi connectivity index (χ0v) is 7.56. The van der Waals surface area contributed by atoms with Crippen LogP contribution in [-0.2, 0) is 6.54 Å². The Kier molecular flexibility index (Phi) is 2.89. The molecule has 1 aromatic heterocycles. The average Bonchev–Trinajstić information content (AvgIpc) is 2.14. The summed E-state index contributed by atoms with van der Waals surface area (Å²) in [4.78, 5) is 13.8. The lowest BCUT2D eigenvalue weighted by Gasteiger charge is -2.00. The van der Waals surface area contributed by atoms with Gasteiger partial charge in [0, 0.05) is 11.5 Å². The van der Waals surface area contributed by atoms with Crippen molar-refractivity contribution in [2.24, 2.45) is 5.11 Å². The minimum absolute atomic E-state index is 0.0545. The maximum Gasteiger partial charge on any atom is 0.285 e. The van der Waals surface area contributed by atoms with Gasteiger partial charge in [-0.15, -0.1) is 0 Å². The maximum atomic E-state index is 11.3. The first-order valence-electron chi connectivity index (χ1n) is 3.51. The third kappa shape index (κ3) is 1.80. The summed E-state index contributed by atoms with van der Waals surface area (Å²) in [6.45, 7) is 2.19. The van der Waals surface area contributed by atoms with Gasteiger partial charge in [0.25, 0.3) is 5.56 Å². The monoisotopic (exact) mass is 199 g/mol. The average molecular weight is 200 g/mol. The first-order chi connectivity index (χ1) is 6.20. The van der Waals surface area contributed by atoms with Crippen molar-refractivity contribution in [3.8, 4) is 0 Å². The summed E-state index contributed by atoms with van der Waals surface area (Å²) in [5, 5.41) is 6.84. The van der Waals surface area contributed by atoms with Crippen LogP contribution in [0.15, 0.2) is 16.1 Å². The van der Waals surface area contributed by atoms with E-state index in [0.29, 0.717) is 6.54 Å². The van der Waals surface area contributed by atoms with Crippen LogP contribution in [0.1, 0.15) is 6.92 Å². The van der Waals surface area contributed by atoms with Gasteiger partial charge < -0.3 is 0 Å². The summed E-state index contributed by atoms with van der Waals surface area (Å²) >= 11 is 5.62. The van der Waals surface area contributed by atoms with Crippen molar-refractivity contribution in [2.45, 2.75) is 13.5 Å². The van der Waals surface area contributed by atoms with E-state index in [4.69, 9.17) is 17.1 Å². The summed E-state index contributed by atoms with van der Waals surface area (Å²) in [5.41, 5.74) is 7.73. The third-order valence-corrected chi connectivity index (χ3v) is 1.77. The molecule has 0 atom stereocenters. The Morgan fingerprint density at radius 3 is 3.08 bits per heavy atom. The molecular weight excluding hydrogens is 194 g/mol. The fourth-order valence-electron chi connectivity index (χ4n) is 0.800. The Balaban J connectivity index is 3.39. The molecule has 1 heterocycles. The van der Waals surface area contributed by atoms with E-state index in [9.17, 15) is 4.79 Å². The van der Waals surface area contributed by atoms with Gasteiger partial charge in [-0.2, -0.15) is 5.10 Å². The number of aromatic nitrogens is 2. The standard InChI is InChI=1S/C6H6ClN5O/c1-2-12-6(13)5(7)4(3-9-12)10-11-8/h3H,2H2,1H3. The van der Waals surface area contributed by atoms with E-state index in [1.54, 1.807) is 6.92 Å². The van der Waals surface area contributed by atoms with Gasteiger partial charge in [0.05, 0.1) is 11.9 Å². The highest BCUT2D eigenvalue weighted by Gasteiger charge is 2.05. The van der Waals surface area contributed by atoms with Gasteiger partial charge in [0.1, 0.15) is 5.02 Å². The molecule has 13 heavy (non-hydrogen) atoms.